The number of carbonyl (C=O) groups excluding carboxylic acids is 1. The second-order valence-corrected chi connectivity index (χ2v) is 5.71. The van der Waals surface area contributed by atoms with Crippen molar-refractivity contribution in [1.29, 1.82) is 0 Å². The number of nitrogens with zero attached hydrogens (tertiary/aromatic N) is 1. The minimum atomic E-state index is -1.07. The molecule has 0 spiro atoms. The Kier molecular flexibility index (Phi) is 6.76. The number of aromatic amines is 1. The normalized spacial score (nSPS) is 11.0. The average Bonchev–Trinajstić information content (AvgIpc) is 3.09. The van der Waals surface area contributed by atoms with Gasteiger partial charge in [-0.1, -0.05) is 36.9 Å². The highest BCUT2D eigenvalue weighted by Gasteiger charge is 2.17. The number of amidine groups is 1. The number of carboxylic acids is 1. The molecule has 2 aromatic rings. The lowest BCUT2D eigenvalue weighted by atomic mass is 10.1. The minimum absolute atomic E-state index is 0.0380. The molecule has 1 amide bonds. The molecular formula is C19H23N5O3. The van der Waals surface area contributed by atoms with E-state index in [1.807, 2.05) is 30.3 Å². The minimum Gasteiger partial charge on any atom is -0.477 e. The molecule has 142 valence electrons. The van der Waals surface area contributed by atoms with E-state index in [1.165, 1.54) is 13.0 Å². The fourth-order valence-corrected chi connectivity index (χ4v) is 2.40. The summed E-state index contributed by atoms with van der Waals surface area (Å²) in [6, 6.07) is 11.0. The van der Waals surface area contributed by atoms with Crippen LogP contribution in [0.15, 0.2) is 48.0 Å². The monoisotopic (exact) mass is 369 g/mol. The number of carboxylic acid groups (broad SMARTS) is 1. The second kappa shape index (κ2) is 9.23. The number of benzene rings is 1. The number of H-pyrrole nitrogens is 1. The molecule has 0 aliphatic rings. The van der Waals surface area contributed by atoms with Gasteiger partial charge in [0.25, 0.3) is 0 Å². The molecule has 0 saturated heterocycles. The van der Waals surface area contributed by atoms with E-state index in [4.69, 9.17) is 0 Å². The van der Waals surface area contributed by atoms with Crippen molar-refractivity contribution in [3.8, 4) is 0 Å². The zero-order chi connectivity index (χ0) is 19.8. The highest BCUT2D eigenvalue weighted by molar-refractivity contribution is 6.08. The number of hydrogen-bond donors (Lipinski definition) is 5. The molecule has 0 aliphatic carbocycles. The molecule has 1 aromatic carbocycles. The molecule has 1 heterocycles. The molecule has 0 saturated carbocycles. The van der Waals surface area contributed by atoms with Gasteiger partial charge in [-0.3, -0.25) is 9.79 Å². The third kappa shape index (κ3) is 5.46. The Balaban J connectivity index is 2.32. The Labute approximate surface area is 157 Å². The van der Waals surface area contributed by atoms with E-state index in [9.17, 15) is 14.7 Å². The van der Waals surface area contributed by atoms with Crippen LogP contribution in [0.3, 0.4) is 0 Å². The third-order valence-electron chi connectivity index (χ3n) is 3.70. The van der Waals surface area contributed by atoms with Crippen molar-refractivity contribution in [2.24, 2.45) is 4.99 Å². The van der Waals surface area contributed by atoms with Crippen LogP contribution in [-0.4, -0.2) is 47.9 Å². The summed E-state index contributed by atoms with van der Waals surface area (Å²) in [5.74, 6) is -0.252. The van der Waals surface area contributed by atoms with Crippen LogP contribution in [0.5, 0.6) is 0 Å². The summed E-state index contributed by atoms with van der Waals surface area (Å²) in [5.41, 5.74) is 2.10. The number of amides is 1. The van der Waals surface area contributed by atoms with Gasteiger partial charge in [-0.2, -0.15) is 0 Å². The maximum absolute atomic E-state index is 11.3. The Morgan fingerprint density at radius 2 is 1.96 bits per heavy atom. The van der Waals surface area contributed by atoms with Crippen LogP contribution >= 0.6 is 0 Å². The van der Waals surface area contributed by atoms with E-state index in [0.717, 1.165) is 5.56 Å². The number of carbonyl (C=O) groups is 2. The molecule has 0 fully saturated rings. The van der Waals surface area contributed by atoms with Gasteiger partial charge >= 0.3 is 5.97 Å². The molecule has 0 aliphatic heterocycles. The van der Waals surface area contributed by atoms with Crippen molar-refractivity contribution < 1.29 is 14.7 Å². The van der Waals surface area contributed by atoms with E-state index in [-0.39, 0.29) is 11.6 Å². The Bertz CT molecular complexity index is 855. The number of nitrogens with one attached hydrogen (secondary N) is 4. The maximum atomic E-state index is 11.3. The quantitative estimate of drug-likeness (QED) is 0.277. The lowest BCUT2D eigenvalue weighted by molar-refractivity contribution is -0.118. The molecule has 2 rings (SSSR count). The van der Waals surface area contributed by atoms with Gasteiger partial charge in [0.15, 0.2) is 0 Å². The lowest BCUT2D eigenvalue weighted by Gasteiger charge is -2.13. The van der Waals surface area contributed by atoms with Crippen molar-refractivity contribution in [3.05, 3.63) is 59.8 Å². The number of aliphatic imine (C=N–C) groups is 1. The summed E-state index contributed by atoms with van der Waals surface area (Å²) in [6.45, 7) is 6.16. The van der Waals surface area contributed by atoms with Gasteiger partial charge in [-0.25, -0.2) is 4.79 Å². The van der Waals surface area contributed by atoms with Gasteiger partial charge in [0.2, 0.25) is 5.91 Å². The van der Waals surface area contributed by atoms with E-state index < -0.39 is 5.97 Å². The zero-order valence-corrected chi connectivity index (χ0v) is 15.3. The van der Waals surface area contributed by atoms with Crippen molar-refractivity contribution in [2.45, 2.75) is 6.92 Å². The smallest absolute Gasteiger partial charge is 0.352 e. The Hall–Kier alpha value is -3.55. The fraction of sp³-hybridized carbons (Fsp3) is 0.211. The van der Waals surface area contributed by atoms with Gasteiger partial charge in [0, 0.05) is 26.2 Å². The molecule has 0 unspecified atom stereocenters. The van der Waals surface area contributed by atoms with Crippen LogP contribution < -0.4 is 16.0 Å². The first-order valence-electron chi connectivity index (χ1n) is 8.37. The summed E-state index contributed by atoms with van der Waals surface area (Å²) >= 11 is 0. The van der Waals surface area contributed by atoms with Crippen LogP contribution in [0.2, 0.25) is 0 Å². The first-order valence-corrected chi connectivity index (χ1v) is 8.37. The van der Waals surface area contributed by atoms with E-state index in [0.29, 0.717) is 36.0 Å². The van der Waals surface area contributed by atoms with Crippen LogP contribution in [-0.2, 0) is 4.79 Å². The highest BCUT2D eigenvalue weighted by atomic mass is 16.4. The molecule has 5 N–H and O–H groups in total. The van der Waals surface area contributed by atoms with Crippen LogP contribution in [0.1, 0.15) is 28.5 Å². The molecule has 27 heavy (non-hydrogen) atoms. The van der Waals surface area contributed by atoms with E-state index in [2.05, 4.69) is 32.5 Å². The summed E-state index contributed by atoms with van der Waals surface area (Å²) < 4.78 is 0. The first-order chi connectivity index (χ1) is 12.9. The number of aromatic nitrogens is 1. The average molecular weight is 369 g/mol. The fourth-order valence-electron chi connectivity index (χ4n) is 2.40. The zero-order valence-electron chi connectivity index (χ0n) is 15.3. The summed E-state index contributed by atoms with van der Waals surface area (Å²) in [6.07, 6.45) is 0. The summed E-state index contributed by atoms with van der Waals surface area (Å²) in [5, 5.41) is 18.0. The highest BCUT2D eigenvalue weighted by Crippen LogP contribution is 2.19. The van der Waals surface area contributed by atoms with E-state index >= 15 is 0 Å². The lowest BCUT2D eigenvalue weighted by Crippen LogP contribution is -2.27. The largest absolute Gasteiger partial charge is 0.477 e. The van der Waals surface area contributed by atoms with Crippen LogP contribution in [0, 0.1) is 0 Å². The topological polar surface area (TPSA) is 119 Å². The van der Waals surface area contributed by atoms with Crippen LogP contribution in [0.25, 0.3) is 5.70 Å². The van der Waals surface area contributed by atoms with Gasteiger partial charge in [0.05, 0.1) is 12.1 Å². The number of aromatic carboxylic acids is 1. The van der Waals surface area contributed by atoms with Gasteiger partial charge < -0.3 is 26.0 Å². The molecule has 0 atom stereocenters. The predicted molar refractivity (Wildman–Crippen MR) is 106 cm³/mol. The predicted octanol–water partition coefficient (Wildman–Crippen LogP) is 1.90. The van der Waals surface area contributed by atoms with E-state index in [1.54, 1.807) is 7.05 Å². The molecular weight excluding hydrogens is 346 g/mol. The number of anilines is 1. The summed E-state index contributed by atoms with van der Waals surface area (Å²) in [7, 11) is 1.68. The number of hydrogen-bond acceptors (Lipinski definition) is 4. The van der Waals surface area contributed by atoms with Gasteiger partial charge in [-0.15, -0.1) is 0 Å². The van der Waals surface area contributed by atoms with Gasteiger partial charge in [0.1, 0.15) is 17.3 Å². The standard InChI is InChI=1S/C19H23N5O3/c1-12(14-7-5-4-6-8-14)23-18(22-10-9-21-13(2)25)15-11-16(19(26)27)24-17(15)20-3/h4-8,11,20,24H,1,9-10H2,2-3H3,(H,21,25)(H,22,23)(H,26,27). The van der Waals surface area contributed by atoms with Crippen molar-refractivity contribution in [3.63, 3.8) is 0 Å². The maximum Gasteiger partial charge on any atom is 0.352 e. The molecule has 1 aromatic heterocycles. The van der Waals surface area contributed by atoms with Crippen molar-refractivity contribution >= 4 is 29.2 Å². The van der Waals surface area contributed by atoms with Crippen LogP contribution in [0.4, 0.5) is 5.82 Å². The summed E-state index contributed by atoms with van der Waals surface area (Å²) in [4.78, 5) is 29.6. The Morgan fingerprint density at radius 1 is 1.26 bits per heavy atom. The third-order valence-corrected chi connectivity index (χ3v) is 3.70. The van der Waals surface area contributed by atoms with Gasteiger partial charge in [-0.05, 0) is 11.6 Å². The van der Waals surface area contributed by atoms with Crippen molar-refractivity contribution in [2.75, 3.05) is 25.5 Å². The molecule has 0 bridgehead atoms. The first kappa shape index (κ1) is 19.8. The SMILES string of the molecule is C=C(NC(=NCCNC(C)=O)c1cc(C(=O)O)[nH]c1NC)c1ccccc1. The molecule has 8 nitrogen and oxygen atoms in total. The molecule has 8 heteroatoms. The molecule has 0 radical (unpaired) electrons. The number of rotatable bonds is 8. The second-order valence-electron chi connectivity index (χ2n) is 5.71. The van der Waals surface area contributed by atoms with Crippen molar-refractivity contribution in [1.82, 2.24) is 15.6 Å². The Morgan fingerprint density at radius 3 is 2.56 bits per heavy atom.